The van der Waals surface area contributed by atoms with Crippen LogP contribution < -0.4 is 9.47 Å². The molecule has 6 heteroatoms. The Bertz CT molecular complexity index is 590. The molecule has 0 fully saturated rings. The molecule has 23 heavy (non-hydrogen) atoms. The maximum absolute atomic E-state index is 5.72. The number of rotatable bonds is 8. The minimum Gasteiger partial charge on any atom is -0.487 e. The lowest BCUT2D eigenvalue weighted by Gasteiger charge is -2.14. The topological polar surface area (TPSA) is 62.7 Å². The van der Waals surface area contributed by atoms with E-state index in [0.717, 1.165) is 16.6 Å². The van der Waals surface area contributed by atoms with E-state index in [9.17, 15) is 0 Å². The zero-order valence-corrected chi connectivity index (χ0v) is 14.6. The highest BCUT2D eigenvalue weighted by atomic mass is 16.5. The number of hydrogen-bond acceptors (Lipinski definition) is 6. The summed E-state index contributed by atoms with van der Waals surface area (Å²) in [4.78, 5) is 8.46. The van der Waals surface area contributed by atoms with Gasteiger partial charge in [0.15, 0.2) is 11.5 Å². The number of benzene rings is 1. The van der Waals surface area contributed by atoms with Gasteiger partial charge in [-0.3, -0.25) is 0 Å². The molecule has 0 saturated heterocycles. The van der Waals surface area contributed by atoms with E-state index in [0.29, 0.717) is 37.9 Å². The van der Waals surface area contributed by atoms with Crippen molar-refractivity contribution < 1.29 is 18.9 Å². The molecular weight excluding hydrogens is 296 g/mol. The number of aromatic nitrogens is 2. The van der Waals surface area contributed by atoms with Gasteiger partial charge in [0.05, 0.1) is 18.7 Å². The second-order valence-electron chi connectivity index (χ2n) is 4.46. The number of methoxy groups -OCH3 is 2. The lowest BCUT2D eigenvalue weighted by molar-refractivity contribution is 0.132. The summed E-state index contributed by atoms with van der Waals surface area (Å²) in [5, 5.41) is 0.948. The minimum atomic E-state index is 0.451. The van der Waals surface area contributed by atoms with Crippen molar-refractivity contribution in [1.82, 2.24) is 9.97 Å². The van der Waals surface area contributed by atoms with Crippen molar-refractivity contribution in [3.63, 3.8) is 0 Å². The molecule has 0 radical (unpaired) electrons. The van der Waals surface area contributed by atoms with Gasteiger partial charge in [0.2, 0.25) is 0 Å². The zero-order chi connectivity index (χ0) is 17.1. The molecule has 128 valence electrons. The molecule has 0 aliphatic carbocycles. The van der Waals surface area contributed by atoms with Gasteiger partial charge in [0, 0.05) is 31.4 Å². The summed E-state index contributed by atoms with van der Waals surface area (Å²) in [5.74, 6) is 1.31. The van der Waals surface area contributed by atoms with Crippen molar-refractivity contribution in [3.05, 3.63) is 24.2 Å². The molecule has 0 bridgehead atoms. The Morgan fingerprint density at radius 2 is 1.39 bits per heavy atom. The first-order valence-corrected chi connectivity index (χ1v) is 7.75. The first-order chi connectivity index (χ1) is 11.3. The molecule has 0 amide bonds. The van der Waals surface area contributed by atoms with Gasteiger partial charge in [-0.2, -0.15) is 0 Å². The normalized spacial score (nSPS) is 10.1. The smallest absolute Gasteiger partial charge is 0.163 e. The summed E-state index contributed by atoms with van der Waals surface area (Å²) in [6, 6.07) is 3.77. The number of aryl methyl sites for hydroxylation is 1. The third-order valence-electron chi connectivity index (χ3n) is 2.99. The van der Waals surface area contributed by atoms with E-state index in [2.05, 4.69) is 9.97 Å². The highest BCUT2D eigenvalue weighted by Gasteiger charge is 2.10. The van der Waals surface area contributed by atoms with Crippen molar-refractivity contribution >= 4 is 10.9 Å². The van der Waals surface area contributed by atoms with Gasteiger partial charge in [-0.05, 0) is 13.0 Å². The first-order valence-electron chi connectivity index (χ1n) is 7.75. The lowest BCUT2D eigenvalue weighted by atomic mass is 10.2. The van der Waals surface area contributed by atoms with Gasteiger partial charge in [-0.1, -0.05) is 13.8 Å². The SMILES string of the molecule is CC.COCCOc1cc2ncnc(C)c2cc1OCCOC. The van der Waals surface area contributed by atoms with Crippen molar-refractivity contribution in [3.8, 4) is 11.5 Å². The van der Waals surface area contributed by atoms with Crippen molar-refractivity contribution in [2.24, 2.45) is 0 Å². The van der Waals surface area contributed by atoms with Crippen LogP contribution in [0, 0.1) is 6.92 Å². The Kier molecular flexibility index (Phi) is 8.94. The van der Waals surface area contributed by atoms with Crippen molar-refractivity contribution in [2.45, 2.75) is 20.8 Å². The van der Waals surface area contributed by atoms with Crippen LogP contribution in [0.5, 0.6) is 11.5 Å². The quantitative estimate of drug-likeness (QED) is 0.696. The fraction of sp³-hybridized carbons (Fsp3) is 0.529. The molecule has 2 rings (SSSR count). The van der Waals surface area contributed by atoms with Crippen LogP contribution in [0.25, 0.3) is 10.9 Å². The van der Waals surface area contributed by atoms with E-state index in [1.165, 1.54) is 0 Å². The van der Waals surface area contributed by atoms with Gasteiger partial charge in [-0.15, -0.1) is 0 Å². The Morgan fingerprint density at radius 3 is 1.96 bits per heavy atom. The van der Waals surface area contributed by atoms with E-state index in [4.69, 9.17) is 18.9 Å². The van der Waals surface area contributed by atoms with Crippen LogP contribution in [0.2, 0.25) is 0 Å². The molecular formula is C17H26N2O4. The number of nitrogens with zero attached hydrogens (tertiary/aromatic N) is 2. The number of hydrogen-bond donors (Lipinski definition) is 0. The molecule has 0 aliphatic heterocycles. The molecule has 2 aromatic rings. The average molecular weight is 322 g/mol. The van der Waals surface area contributed by atoms with Gasteiger partial charge in [0.1, 0.15) is 19.5 Å². The summed E-state index contributed by atoms with van der Waals surface area (Å²) in [7, 11) is 3.27. The second kappa shape index (κ2) is 10.7. The molecule has 0 N–H and O–H groups in total. The van der Waals surface area contributed by atoms with Crippen LogP contribution in [0.3, 0.4) is 0 Å². The summed E-state index contributed by atoms with van der Waals surface area (Å²) in [6.07, 6.45) is 1.54. The molecule has 0 spiro atoms. The van der Waals surface area contributed by atoms with Crippen molar-refractivity contribution in [2.75, 3.05) is 40.6 Å². The highest BCUT2D eigenvalue weighted by molar-refractivity contribution is 5.84. The maximum Gasteiger partial charge on any atom is 0.163 e. The summed E-state index contributed by atoms with van der Waals surface area (Å²) >= 11 is 0. The van der Waals surface area contributed by atoms with Crippen LogP contribution in [-0.4, -0.2) is 50.6 Å². The van der Waals surface area contributed by atoms with E-state index < -0.39 is 0 Å². The molecule has 0 aliphatic rings. The third kappa shape index (κ3) is 5.65. The Morgan fingerprint density at radius 1 is 0.826 bits per heavy atom. The van der Waals surface area contributed by atoms with E-state index in [1.54, 1.807) is 20.5 Å². The fourth-order valence-electron chi connectivity index (χ4n) is 1.89. The minimum absolute atomic E-state index is 0.451. The Labute approximate surface area is 137 Å². The zero-order valence-electron chi connectivity index (χ0n) is 14.6. The van der Waals surface area contributed by atoms with Crippen LogP contribution in [-0.2, 0) is 9.47 Å². The van der Waals surface area contributed by atoms with Gasteiger partial charge in [-0.25, -0.2) is 9.97 Å². The molecule has 1 aromatic carbocycles. The predicted octanol–water partition coefficient (Wildman–Crippen LogP) is 3.01. The van der Waals surface area contributed by atoms with E-state index >= 15 is 0 Å². The molecule has 6 nitrogen and oxygen atoms in total. The van der Waals surface area contributed by atoms with Crippen LogP contribution in [0.15, 0.2) is 18.5 Å². The molecule has 0 saturated carbocycles. The van der Waals surface area contributed by atoms with Crippen LogP contribution in [0.4, 0.5) is 0 Å². The monoisotopic (exact) mass is 322 g/mol. The van der Waals surface area contributed by atoms with E-state index in [1.807, 2.05) is 32.9 Å². The fourth-order valence-corrected chi connectivity index (χ4v) is 1.89. The van der Waals surface area contributed by atoms with Crippen LogP contribution >= 0.6 is 0 Å². The third-order valence-corrected chi connectivity index (χ3v) is 2.99. The predicted molar refractivity (Wildman–Crippen MR) is 90.4 cm³/mol. The molecule has 1 aromatic heterocycles. The van der Waals surface area contributed by atoms with Gasteiger partial charge >= 0.3 is 0 Å². The van der Waals surface area contributed by atoms with Crippen LogP contribution in [0.1, 0.15) is 19.5 Å². The average Bonchev–Trinajstić information content (AvgIpc) is 2.58. The van der Waals surface area contributed by atoms with Gasteiger partial charge < -0.3 is 18.9 Å². The molecule has 0 atom stereocenters. The summed E-state index contributed by atoms with van der Waals surface area (Å²) in [6.45, 7) is 7.87. The van der Waals surface area contributed by atoms with Crippen molar-refractivity contribution in [1.29, 1.82) is 0 Å². The summed E-state index contributed by atoms with van der Waals surface area (Å²) in [5.41, 5.74) is 1.73. The van der Waals surface area contributed by atoms with Gasteiger partial charge in [0.25, 0.3) is 0 Å². The Balaban J connectivity index is 0.00000127. The summed E-state index contributed by atoms with van der Waals surface area (Å²) < 4.78 is 21.4. The Hall–Kier alpha value is -1.92. The second-order valence-corrected chi connectivity index (χ2v) is 4.46. The maximum atomic E-state index is 5.72. The number of ether oxygens (including phenoxy) is 4. The first kappa shape index (κ1) is 19.1. The standard InChI is InChI=1S/C15H20N2O4.C2H6/c1-11-12-8-14(20-6-4-18-2)15(21-7-5-19-3)9-13(12)17-10-16-11;1-2/h8-10H,4-7H2,1-3H3;1-2H3. The molecule has 0 unspecified atom stereocenters. The lowest BCUT2D eigenvalue weighted by Crippen LogP contribution is -2.08. The molecule has 1 heterocycles. The van der Waals surface area contributed by atoms with E-state index in [-0.39, 0.29) is 0 Å². The highest BCUT2D eigenvalue weighted by Crippen LogP contribution is 2.32. The number of fused-ring (bicyclic) bond motifs is 1. The largest absolute Gasteiger partial charge is 0.487 e.